The maximum absolute atomic E-state index is 12.1. The lowest BCUT2D eigenvalue weighted by Gasteiger charge is -2.25. The Bertz CT molecular complexity index is 517. The molecule has 108 valence electrons. The summed E-state index contributed by atoms with van der Waals surface area (Å²) < 4.78 is 5.59. The molecule has 1 N–H and O–H groups in total. The second-order valence-electron chi connectivity index (χ2n) is 6.21. The molecule has 0 bridgehead atoms. The van der Waals surface area contributed by atoms with E-state index < -0.39 is 5.41 Å². The maximum atomic E-state index is 12.1. The first-order chi connectivity index (χ1) is 9.38. The largest absolute Gasteiger partial charge is 0.492 e. The van der Waals surface area contributed by atoms with Crippen LogP contribution in [0.3, 0.4) is 0 Å². The maximum Gasteiger partial charge on any atom is 0.227 e. The molecule has 1 atom stereocenters. The summed E-state index contributed by atoms with van der Waals surface area (Å²) in [6, 6.07) is 7.73. The summed E-state index contributed by atoms with van der Waals surface area (Å²) in [6.07, 6.45) is 0.658. The highest BCUT2D eigenvalue weighted by molar-refractivity contribution is 5.90. The van der Waals surface area contributed by atoms with Gasteiger partial charge in [-0.05, 0) is 18.1 Å². The molecule has 2 rings (SSSR count). The fourth-order valence-corrected chi connectivity index (χ4v) is 2.07. The van der Waals surface area contributed by atoms with Crippen molar-refractivity contribution in [3.05, 3.63) is 29.8 Å². The summed E-state index contributed by atoms with van der Waals surface area (Å²) in [6.45, 7) is 6.00. The molecule has 1 aliphatic heterocycles. The minimum Gasteiger partial charge on any atom is -0.492 e. The van der Waals surface area contributed by atoms with E-state index in [9.17, 15) is 9.59 Å². The highest BCUT2D eigenvalue weighted by Gasteiger charge is 2.27. The van der Waals surface area contributed by atoms with Gasteiger partial charge in [0.1, 0.15) is 12.4 Å². The van der Waals surface area contributed by atoms with Crippen LogP contribution in [0, 0.1) is 11.3 Å². The van der Waals surface area contributed by atoms with Crippen LogP contribution in [0.5, 0.6) is 5.75 Å². The van der Waals surface area contributed by atoms with Gasteiger partial charge in [0.05, 0.1) is 12.5 Å². The van der Waals surface area contributed by atoms with Gasteiger partial charge < -0.3 is 10.1 Å². The molecular weight excluding hydrogens is 254 g/mol. The Morgan fingerprint density at radius 3 is 2.70 bits per heavy atom. The first-order valence-corrected chi connectivity index (χ1v) is 6.89. The third kappa shape index (κ3) is 3.38. The molecule has 1 aliphatic rings. The second-order valence-corrected chi connectivity index (χ2v) is 6.21. The van der Waals surface area contributed by atoms with Crippen LogP contribution in [0.4, 0.5) is 0 Å². The molecular formula is C16H21NO3. The van der Waals surface area contributed by atoms with Gasteiger partial charge in [-0.3, -0.25) is 9.59 Å². The number of ketones is 1. The number of ether oxygens (including phenoxy) is 1. The van der Waals surface area contributed by atoms with E-state index >= 15 is 0 Å². The Morgan fingerprint density at radius 1 is 1.30 bits per heavy atom. The molecule has 4 heteroatoms. The van der Waals surface area contributed by atoms with Crippen molar-refractivity contribution < 1.29 is 14.3 Å². The van der Waals surface area contributed by atoms with Crippen molar-refractivity contribution in [3.8, 4) is 5.75 Å². The number of rotatable bonds is 3. The zero-order valence-corrected chi connectivity index (χ0v) is 12.2. The number of hydrogen-bond acceptors (Lipinski definition) is 3. The Hall–Kier alpha value is -1.84. The normalized spacial score (nSPS) is 17.9. The SMILES string of the molecule is CC(C)(C)C(=O)CNC(=O)C1COc2ccccc2C1. The molecule has 0 fully saturated rings. The molecule has 0 saturated heterocycles. The van der Waals surface area contributed by atoms with E-state index in [0.29, 0.717) is 13.0 Å². The Labute approximate surface area is 119 Å². The third-order valence-electron chi connectivity index (χ3n) is 3.51. The minimum absolute atomic E-state index is 0.0305. The zero-order valence-electron chi connectivity index (χ0n) is 12.2. The van der Waals surface area contributed by atoms with Crippen LogP contribution in [0.1, 0.15) is 26.3 Å². The van der Waals surface area contributed by atoms with Gasteiger partial charge in [-0.15, -0.1) is 0 Å². The number of fused-ring (bicyclic) bond motifs is 1. The van der Waals surface area contributed by atoms with E-state index in [2.05, 4.69) is 5.32 Å². The fourth-order valence-electron chi connectivity index (χ4n) is 2.07. The van der Waals surface area contributed by atoms with E-state index in [-0.39, 0.29) is 24.2 Å². The zero-order chi connectivity index (χ0) is 14.8. The van der Waals surface area contributed by atoms with Crippen LogP contribution in [-0.2, 0) is 16.0 Å². The average molecular weight is 275 g/mol. The molecule has 1 aromatic rings. The topological polar surface area (TPSA) is 55.4 Å². The average Bonchev–Trinajstić information content (AvgIpc) is 2.42. The van der Waals surface area contributed by atoms with Crippen molar-refractivity contribution in [2.45, 2.75) is 27.2 Å². The number of hydrogen-bond donors (Lipinski definition) is 1. The quantitative estimate of drug-likeness (QED) is 0.917. The van der Waals surface area contributed by atoms with Gasteiger partial charge in [-0.25, -0.2) is 0 Å². The van der Waals surface area contributed by atoms with Crippen molar-refractivity contribution in [1.82, 2.24) is 5.32 Å². The van der Waals surface area contributed by atoms with Crippen LogP contribution in [0.15, 0.2) is 24.3 Å². The van der Waals surface area contributed by atoms with Gasteiger partial charge in [0.2, 0.25) is 5.91 Å². The Balaban J connectivity index is 1.91. The number of para-hydroxylation sites is 1. The molecule has 4 nitrogen and oxygen atoms in total. The second kappa shape index (κ2) is 5.65. The fraction of sp³-hybridized carbons (Fsp3) is 0.500. The number of amides is 1. The third-order valence-corrected chi connectivity index (χ3v) is 3.51. The number of carbonyl (C=O) groups excluding carboxylic acids is 2. The van der Waals surface area contributed by atoms with Gasteiger partial charge in [0.25, 0.3) is 0 Å². The first-order valence-electron chi connectivity index (χ1n) is 6.89. The first kappa shape index (κ1) is 14.6. The summed E-state index contributed by atoms with van der Waals surface area (Å²) in [5, 5.41) is 2.72. The van der Waals surface area contributed by atoms with Crippen LogP contribution < -0.4 is 10.1 Å². The van der Waals surface area contributed by atoms with Crippen LogP contribution in [0.25, 0.3) is 0 Å². The lowest BCUT2D eigenvalue weighted by Crippen LogP contribution is -2.41. The number of benzene rings is 1. The van der Waals surface area contributed by atoms with E-state index in [1.807, 2.05) is 45.0 Å². The van der Waals surface area contributed by atoms with Crippen molar-refractivity contribution in [2.75, 3.05) is 13.2 Å². The molecule has 1 unspecified atom stereocenters. The predicted molar refractivity (Wildman–Crippen MR) is 76.6 cm³/mol. The van der Waals surface area contributed by atoms with Gasteiger partial charge in [0, 0.05) is 5.41 Å². The summed E-state index contributed by atoms with van der Waals surface area (Å²) >= 11 is 0. The minimum atomic E-state index is -0.428. The molecule has 1 heterocycles. The van der Waals surface area contributed by atoms with E-state index in [1.165, 1.54) is 0 Å². The van der Waals surface area contributed by atoms with Gasteiger partial charge in [0.15, 0.2) is 5.78 Å². The lowest BCUT2D eigenvalue weighted by atomic mass is 9.90. The van der Waals surface area contributed by atoms with Gasteiger partial charge >= 0.3 is 0 Å². The van der Waals surface area contributed by atoms with Crippen LogP contribution in [-0.4, -0.2) is 24.8 Å². The van der Waals surface area contributed by atoms with E-state index in [1.54, 1.807) is 0 Å². The highest BCUT2D eigenvalue weighted by Crippen LogP contribution is 2.26. The molecule has 0 radical (unpaired) electrons. The summed E-state index contributed by atoms with van der Waals surface area (Å²) in [4.78, 5) is 23.9. The van der Waals surface area contributed by atoms with E-state index in [0.717, 1.165) is 11.3 Å². The van der Waals surface area contributed by atoms with Crippen molar-refractivity contribution in [1.29, 1.82) is 0 Å². The molecule has 0 spiro atoms. The molecule has 20 heavy (non-hydrogen) atoms. The molecule has 1 amide bonds. The van der Waals surface area contributed by atoms with Gasteiger partial charge in [-0.2, -0.15) is 0 Å². The lowest BCUT2D eigenvalue weighted by molar-refractivity contribution is -0.131. The monoisotopic (exact) mass is 275 g/mol. The Kier molecular flexibility index (Phi) is 4.12. The summed E-state index contributed by atoms with van der Waals surface area (Å²) in [5.41, 5.74) is 0.615. The van der Waals surface area contributed by atoms with Crippen molar-refractivity contribution in [3.63, 3.8) is 0 Å². The van der Waals surface area contributed by atoms with Crippen molar-refractivity contribution in [2.24, 2.45) is 11.3 Å². The number of nitrogens with one attached hydrogen (secondary N) is 1. The number of carbonyl (C=O) groups is 2. The molecule has 1 aromatic carbocycles. The molecule has 0 aromatic heterocycles. The molecule has 0 saturated carbocycles. The molecule has 0 aliphatic carbocycles. The standard InChI is InChI=1S/C16H21NO3/c1-16(2,3)14(18)9-17-15(19)12-8-11-6-4-5-7-13(11)20-10-12/h4-7,12H,8-10H2,1-3H3,(H,17,19). The summed E-state index contributed by atoms with van der Waals surface area (Å²) in [7, 11) is 0. The van der Waals surface area contributed by atoms with Crippen molar-refractivity contribution >= 4 is 11.7 Å². The van der Waals surface area contributed by atoms with Crippen LogP contribution >= 0.6 is 0 Å². The summed E-state index contributed by atoms with van der Waals surface area (Å²) in [5.74, 6) is 0.542. The smallest absolute Gasteiger partial charge is 0.227 e. The number of Topliss-reactive ketones (excluding diaryl/α,β-unsaturated/α-hetero) is 1. The highest BCUT2D eigenvalue weighted by atomic mass is 16.5. The Morgan fingerprint density at radius 2 is 2.00 bits per heavy atom. The van der Waals surface area contributed by atoms with Gasteiger partial charge in [-0.1, -0.05) is 39.0 Å². The van der Waals surface area contributed by atoms with Crippen LogP contribution in [0.2, 0.25) is 0 Å². The predicted octanol–water partition coefficient (Wildman–Crippen LogP) is 1.97. The van der Waals surface area contributed by atoms with E-state index in [4.69, 9.17) is 4.74 Å².